The maximum Gasteiger partial charge on any atom is 0.220 e. The smallest absolute Gasteiger partial charge is 0.220 e. The molecule has 1 aromatic carbocycles. The Morgan fingerprint density at radius 2 is 2.16 bits per heavy atom. The minimum atomic E-state index is -0.400. The summed E-state index contributed by atoms with van der Waals surface area (Å²) in [6.45, 7) is 0.865. The molecule has 0 unspecified atom stereocenters. The first-order chi connectivity index (χ1) is 9.06. The largest absolute Gasteiger partial charge is 0.491 e. The normalized spacial score (nSPS) is 14.4. The van der Waals surface area contributed by atoms with Gasteiger partial charge in [-0.15, -0.1) is 0 Å². The van der Waals surface area contributed by atoms with Crippen LogP contribution < -0.4 is 15.8 Å². The van der Waals surface area contributed by atoms with Crippen LogP contribution in [0.15, 0.2) is 12.1 Å². The lowest BCUT2D eigenvalue weighted by molar-refractivity contribution is -0.118. The summed E-state index contributed by atoms with van der Waals surface area (Å²) >= 11 is 12.1. The monoisotopic (exact) mass is 302 g/mol. The molecule has 6 heteroatoms. The number of nitrogens with one attached hydrogen (secondary N) is 1. The minimum Gasteiger partial charge on any atom is -0.491 e. The number of nitrogens with two attached hydrogens (primary N) is 1. The maximum atomic E-state index is 10.7. The lowest BCUT2D eigenvalue weighted by Crippen LogP contribution is -2.18. The average Bonchev–Trinajstić information content (AvgIpc) is 3.12. The van der Waals surface area contributed by atoms with Crippen molar-refractivity contribution in [3.8, 4) is 5.75 Å². The lowest BCUT2D eigenvalue weighted by atomic mass is 10.2. The van der Waals surface area contributed by atoms with Crippen LogP contribution in [0.2, 0.25) is 10.0 Å². The Balaban J connectivity index is 2.05. The second-order valence-corrected chi connectivity index (χ2v) is 5.44. The van der Waals surface area contributed by atoms with Crippen molar-refractivity contribution in [3.05, 3.63) is 27.7 Å². The van der Waals surface area contributed by atoms with E-state index in [4.69, 9.17) is 33.7 Å². The highest BCUT2D eigenvalue weighted by Gasteiger charge is 2.21. The fraction of sp³-hybridized carbons (Fsp3) is 0.462. The number of carbonyl (C=O) groups is 1. The van der Waals surface area contributed by atoms with E-state index in [9.17, 15) is 4.79 Å². The molecular weight excluding hydrogens is 287 g/mol. The zero-order chi connectivity index (χ0) is 13.8. The van der Waals surface area contributed by atoms with Crippen LogP contribution in [0.25, 0.3) is 0 Å². The van der Waals surface area contributed by atoms with Crippen molar-refractivity contribution in [2.75, 3.05) is 6.61 Å². The molecule has 19 heavy (non-hydrogen) atoms. The Bertz CT molecular complexity index is 476. The summed E-state index contributed by atoms with van der Waals surface area (Å²) in [4.78, 5) is 10.7. The van der Waals surface area contributed by atoms with Crippen LogP contribution in [0.4, 0.5) is 0 Å². The summed E-state index contributed by atoms with van der Waals surface area (Å²) in [5, 5.41) is 4.40. The van der Waals surface area contributed by atoms with E-state index in [1.54, 1.807) is 6.07 Å². The fourth-order valence-electron chi connectivity index (χ4n) is 1.70. The molecule has 1 aliphatic rings. The van der Waals surface area contributed by atoms with E-state index < -0.39 is 5.91 Å². The molecule has 1 saturated carbocycles. The molecule has 0 radical (unpaired) electrons. The fourth-order valence-corrected chi connectivity index (χ4v) is 2.29. The van der Waals surface area contributed by atoms with Crippen LogP contribution in [-0.2, 0) is 11.3 Å². The standard InChI is InChI=1S/C13H16Cl2N2O2/c14-9-5-8(7-17-10-1-2-10)13(11(15)6-9)19-4-3-12(16)18/h5-6,10,17H,1-4,7H2,(H2,16,18). The molecule has 0 atom stereocenters. The Kier molecular flexibility index (Phi) is 4.91. The summed E-state index contributed by atoms with van der Waals surface area (Å²) < 4.78 is 5.56. The van der Waals surface area contributed by atoms with Gasteiger partial charge in [0, 0.05) is 23.2 Å². The van der Waals surface area contributed by atoms with Gasteiger partial charge in [-0.05, 0) is 25.0 Å². The van der Waals surface area contributed by atoms with Gasteiger partial charge in [0.1, 0.15) is 5.75 Å². The van der Waals surface area contributed by atoms with Gasteiger partial charge < -0.3 is 15.8 Å². The van der Waals surface area contributed by atoms with E-state index in [2.05, 4.69) is 5.32 Å². The second kappa shape index (κ2) is 6.46. The van der Waals surface area contributed by atoms with Gasteiger partial charge in [0.25, 0.3) is 0 Å². The molecular formula is C13H16Cl2N2O2. The van der Waals surface area contributed by atoms with Gasteiger partial charge in [-0.1, -0.05) is 23.2 Å². The average molecular weight is 303 g/mol. The van der Waals surface area contributed by atoms with Crippen molar-refractivity contribution in [1.82, 2.24) is 5.32 Å². The van der Waals surface area contributed by atoms with Crippen molar-refractivity contribution in [2.45, 2.75) is 31.8 Å². The SMILES string of the molecule is NC(=O)CCOc1c(Cl)cc(Cl)cc1CNC1CC1. The predicted octanol–water partition coefficient (Wildman–Crippen LogP) is 2.50. The van der Waals surface area contributed by atoms with E-state index in [1.807, 2.05) is 6.07 Å². The molecule has 4 nitrogen and oxygen atoms in total. The number of hydrogen-bond acceptors (Lipinski definition) is 3. The molecule has 0 heterocycles. The van der Waals surface area contributed by atoms with Crippen molar-refractivity contribution >= 4 is 29.1 Å². The van der Waals surface area contributed by atoms with Crippen LogP contribution in [-0.4, -0.2) is 18.6 Å². The summed E-state index contributed by atoms with van der Waals surface area (Å²) in [5.41, 5.74) is 5.98. The number of benzene rings is 1. The van der Waals surface area contributed by atoms with Gasteiger partial charge >= 0.3 is 0 Å². The summed E-state index contributed by atoms with van der Waals surface area (Å²) in [7, 11) is 0. The Labute approximate surface area is 122 Å². The number of hydrogen-bond donors (Lipinski definition) is 2. The van der Waals surface area contributed by atoms with Crippen LogP contribution >= 0.6 is 23.2 Å². The van der Waals surface area contributed by atoms with E-state index in [0.717, 1.165) is 5.56 Å². The van der Waals surface area contributed by atoms with Gasteiger partial charge in [-0.3, -0.25) is 4.79 Å². The maximum absolute atomic E-state index is 10.7. The molecule has 1 fully saturated rings. The molecule has 0 bridgehead atoms. The van der Waals surface area contributed by atoms with Gasteiger partial charge in [0.15, 0.2) is 0 Å². The third-order valence-electron chi connectivity index (χ3n) is 2.84. The van der Waals surface area contributed by atoms with Crippen LogP contribution in [0, 0.1) is 0 Å². The van der Waals surface area contributed by atoms with Crippen molar-refractivity contribution in [3.63, 3.8) is 0 Å². The van der Waals surface area contributed by atoms with Crippen molar-refractivity contribution in [1.29, 1.82) is 0 Å². The van der Waals surface area contributed by atoms with Gasteiger partial charge in [0.05, 0.1) is 18.1 Å². The second-order valence-electron chi connectivity index (χ2n) is 4.60. The van der Waals surface area contributed by atoms with Crippen molar-refractivity contribution in [2.24, 2.45) is 5.73 Å². The first kappa shape index (κ1) is 14.4. The van der Waals surface area contributed by atoms with Gasteiger partial charge in [0.2, 0.25) is 5.91 Å². The Morgan fingerprint density at radius 1 is 1.42 bits per heavy atom. The summed E-state index contributed by atoms with van der Waals surface area (Å²) in [5.74, 6) is 0.170. The van der Waals surface area contributed by atoms with Crippen LogP contribution in [0.3, 0.4) is 0 Å². The number of halogens is 2. The molecule has 1 aromatic rings. The highest BCUT2D eigenvalue weighted by atomic mass is 35.5. The zero-order valence-electron chi connectivity index (χ0n) is 10.4. The molecule has 0 aromatic heterocycles. The van der Waals surface area contributed by atoms with Crippen LogP contribution in [0.5, 0.6) is 5.75 Å². The summed E-state index contributed by atoms with van der Waals surface area (Å²) in [6, 6.07) is 4.03. The summed E-state index contributed by atoms with van der Waals surface area (Å²) in [6.07, 6.45) is 2.56. The highest BCUT2D eigenvalue weighted by molar-refractivity contribution is 6.35. The number of ether oxygens (including phenoxy) is 1. The lowest BCUT2D eigenvalue weighted by Gasteiger charge is -2.14. The minimum absolute atomic E-state index is 0.161. The molecule has 2 rings (SSSR count). The molecule has 3 N–H and O–H groups in total. The molecule has 0 spiro atoms. The van der Waals surface area contributed by atoms with Gasteiger partial charge in [-0.25, -0.2) is 0 Å². The van der Waals surface area contributed by atoms with E-state index >= 15 is 0 Å². The molecule has 1 aliphatic carbocycles. The third-order valence-corrected chi connectivity index (χ3v) is 3.34. The molecule has 1 amide bonds. The number of primary amides is 1. The van der Waals surface area contributed by atoms with E-state index in [0.29, 0.717) is 28.4 Å². The topological polar surface area (TPSA) is 64.4 Å². The molecule has 0 saturated heterocycles. The predicted molar refractivity (Wildman–Crippen MR) is 75.6 cm³/mol. The van der Waals surface area contributed by atoms with Gasteiger partial charge in [-0.2, -0.15) is 0 Å². The quantitative estimate of drug-likeness (QED) is 0.813. The number of rotatable bonds is 7. The molecule has 0 aliphatic heterocycles. The number of carbonyl (C=O) groups excluding carboxylic acids is 1. The van der Waals surface area contributed by atoms with Crippen LogP contribution in [0.1, 0.15) is 24.8 Å². The van der Waals surface area contributed by atoms with E-state index in [-0.39, 0.29) is 13.0 Å². The first-order valence-electron chi connectivity index (χ1n) is 6.18. The van der Waals surface area contributed by atoms with E-state index in [1.165, 1.54) is 12.8 Å². The Hall–Kier alpha value is -0.970. The van der Waals surface area contributed by atoms with Crippen molar-refractivity contribution < 1.29 is 9.53 Å². The third kappa shape index (κ3) is 4.56. The zero-order valence-corrected chi connectivity index (χ0v) is 11.9. The number of amides is 1. The molecule has 104 valence electrons. The Morgan fingerprint density at radius 3 is 2.79 bits per heavy atom. The highest BCUT2D eigenvalue weighted by Crippen LogP contribution is 2.33. The first-order valence-corrected chi connectivity index (χ1v) is 6.94.